The Bertz CT molecular complexity index is 559. The van der Waals surface area contributed by atoms with Gasteiger partial charge in [0.05, 0.1) is 11.0 Å². The van der Waals surface area contributed by atoms with Gasteiger partial charge in [-0.2, -0.15) is 4.39 Å². The summed E-state index contributed by atoms with van der Waals surface area (Å²) < 4.78 is 32.7. The van der Waals surface area contributed by atoms with Crippen molar-refractivity contribution in [2.45, 2.75) is 25.4 Å². The summed E-state index contributed by atoms with van der Waals surface area (Å²) >= 11 is 0. The number of amides is 1. The maximum absolute atomic E-state index is 13.8. The van der Waals surface area contributed by atoms with Crippen LogP contribution in [0.4, 0.5) is 14.5 Å². The van der Waals surface area contributed by atoms with Crippen molar-refractivity contribution < 1.29 is 23.2 Å². The molecule has 21 heavy (non-hydrogen) atoms. The van der Waals surface area contributed by atoms with E-state index in [1.807, 2.05) is 0 Å². The minimum Gasteiger partial charge on any atom is -0.378 e. The summed E-state index contributed by atoms with van der Waals surface area (Å²) in [4.78, 5) is 21.4. The summed E-state index contributed by atoms with van der Waals surface area (Å²) in [6, 6.07) is 1.39. The Morgan fingerprint density at radius 3 is 2.86 bits per heavy atom. The number of benzene rings is 1. The molecule has 0 radical (unpaired) electrons. The number of carbonyl (C=O) groups excluding carboxylic acids is 1. The fourth-order valence-corrected chi connectivity index (χ4v) is 2.20. The van der Waals surface area contributed by atoms with E-state index in [4.69, 9.17) is 4.74 Å². The zero-order valence-corrected chi connectivity index (χ0v) is 11.1. The number of halogens is 2. The lowest BCUT2D eigenvalue weighted by Gasteiger charge is -2.10. The van der Waals surface area contributed by atoms with Gasteiger partial charge in [0.15, 0.2) is 0 Å². The molecule has 1 atom stereocenters. The van der Waals surface area contributed by atoms with Crippen molar-refractivity contribution in [2.75, 3.05) is 13.2 Å². The lowest BCUT2D eigenvalue weighted by molar-refractivity contribution is -0.387. The molecule has 1 saturated heterocycles. The molecule has 2 rings (SSSR count). The minimum atomic E-state index is -1.46. The molecule has 1 heterocycles. The Balaban J connectivity index is 2.04. The molecule has 1 aliphatic rings. The molecule has 0 spiro atoms. The fourth-order valence-electron chi connectivity index (χ4n) is 2.20. The normalized spacial score (nSPS) is 17.7. The van der Waals surface area contributed by atoms with Crippen molar-refractivity contribution in [1.82, 2.24) is 5.32 Å². The summed E-state index contributed by atoms with van der Waals surface area (Å²) in [6.45, 7) is 0.859. The van der Waals surface area contributed by atoms with Gasteiger partial charge in [0, 0.05) is 19.2 Å². The Morgan fingerprint density at radius 1 is 1.48 bits per heavy atom. The van der Waals surface area contributed by atoms with Gasteiger partial charge in [-0.15, -0.1) is 0 Å². The van der Waals surface area contributed by atoms with Gasteiger partial charge in [-0.05, 0) is 25.3 Å². The molecule has 0 aliphatic carbocycles. The third-order valence-electron chi connectivity index (χ3n) is 3.27. The summed E-state index contributed by atoms with van der Waals surface area (Å²) in [5.74, 6) is -3.60. The van der Waals surface area contributed by atoms with Gasteiger partial charge in [-0.1, -0.05) is 0 Å². The number of carbonyl (C=O) groups is 1. The number of nitrogens with zero attached hydrogens (tertiary/aromatic N) is 1. The highest BCUT2D eigenvalue weighted by Crippen LogP contribution is 2.23. The van der Waals surface area contributed by atoms with Crippen LogP contribution in [0, 0.1) is 21.7 Å². The molecule has 1 aromatic carbocycles. The van der Waals surface area contributed by atoms with Crippen LogP contribution in [-0.4, -0.2) is 30.1 Å². The zero-order valence-electron chi connectivity index (χ0n) is 11.1. The van der Waals surface area contributed by atoms with Crippen LogP contribution in [0.5, 0.6) is 0 Å². The van der Waals surface area contributed by atoms with E-state index in [0.29, 0.717) is 25.2 Å². The van der Waals surface area contributed by atoms with Crippen molar-refractivity contribution in [3.63, 3.8) is 0 Å². The lowest BCUT2D eigenvalue weighted by Crippen LogP contribution is -2.28. The first-order valence-corrected chi connectivity index (χ1v) is 6.53. The first-order valence-electron chi connectivity index (χ1n) is 6.53. The Kier molecular flexibility index (Phi) is 4.79. The summed E-state index contributed by atoms with van der Waals surface area (Å²) in [5.41, 5.74) is -1.86. The van der Waals surface area contributed by atoms with Gasteiger partial charge in [0.25, 0.3) is 5.91 Å². The smallest absolute Gasteiger partial charge is 0.305 e. The van der Waals surface area contributed by atoms with E-state index in [1.165, 1.54) is 0 Å². The predicted molar refractivity (Wildman–Crippen MR) is 68.9 cm³/mol. The zero-order chi connectivity index (χ0) is 15.4. The molecule has 0 aromatic heterocycles. The number of nitro groups is 1. The van der Waals surface area contributed by atoms with Crippen LogP contribution in [0.2, 0.25) is 0 Å². The monoisotopic (exact) mass is 300 g/mol. The molecule has 0 bridgehead atoms. The Labute approximate surface area is 119 Å². The van der Waals surface area contributed by atoms with E-state index in [-0.39, 0.29) is 12.6 Å². The van der Waals surface area contributed by atoms with E-state index < -0.39 is 33.7 Å². The van der Waals surface area contributed by atoms with Crippen LogP contribution in [0.25, 0.3) is 0 Å². The standard InChI is InChI=1S/C13H14F2N2O4/c14-9-3-4-10(17(19)20)12(15)11(9)13(18)16-6-5-8-2-1-7-21-8/h3-4,8H,1-2,5-7H2,(H,16,18). The van der Waals surface area contributed by atoms with Gasteiger partial charge < -0.3 is 10.1 Å². The average molecular weight is 300 g/mol. The second-order valence-electron chi connectivity index (χ2n) is 4.69. The van der Waals surface area contributed by atoms with Crippen LogP contribution in [0.1, 0.15) is 29.6 Å². The van der Waals surface area contributed by atoms with Crippen molar-refractivity contribution in [1.29, 1.82) is 0 Å². The van der Waals surface area contributed by atoms with E-state index in [1.54, 1.807) is 0 Å². The molecule has 1 aromatic rings. The summed E-state index contributed by atoms with van der Waals surface area (Å²) in [7, 11) is 0. The molecule has 8 heteroatoms. The quantitative estimate of drug-likeness (QED) is 0.667. The van der Waals surface area contributed by atoms with Crippen molar-refractivity contribution in [2.24, 2.45) is 0 Å². The molecule has 1 N–H and O–H groups in total. The third-order valence-corrected chi connectivity index (χ3v) is 3.27. The van der Waals surface area contributed by atoms with Crippen molar-refractivity contribution in [3.05, 3.63) is 39.4 Å². The minimum absolute atomic E-state index is 0.0325. The van der Waals surface area contributed by atoms with Gasteiger partial charge in [0.1, 0.15) is 11.4 Å². The van der Waals surface area contributed by atoms with Crippen molar-refractivity contribution in [3.8, 4) is 0 Å². The number of nitrogens with one attached hydrogen (secondary N) is 1. The Hall–Kier alpha value is -2.09. The van der Waals surface area contributed by atoms with E-state index in [9.17, 15) is 23.7 Å². The van der Waals surface area contributed by atoms with Gasteiger partial charge in [0.2, 0.25) is 5.82 Å². The lowest BCUT2D eigenvalue weighted by atomic mass is 10.1. The second-order valence-corrected chi connectivity index (χ2v) is 4.69. The molecule has 1 fully saturated rings. The topological polar surface area (TPSA) is 81.5 Å². The number of hydrogen-bond acceptors (Lipinski definition) is 4. The molecule has 0 saturated carbocycles. The first-order chi connectivity index (χ1) is 10.0. The van der Waals surface area contributed by atoms with E-state index in [2.05, 4.69) is 5.32 Å². The highest BCUT2D eigenvalue weighted by Gasteiger charge is 2.26. The molecule has 1 aliphatic heterocycles. The number of hydrogen-bond donors (Lipinski definition) is 1. The maximum atomic E-state index is 13.8. The Morgan fingerprint density at radius 2 is 2.24 bits per heavy atom. The van der Waals surface area contributed by atoms with Crippen LogP contribution in [0.15, 0.2) is 12.1 Å². The second kappa shape index (κ2) is 6.57. The first kappa shape index (κ1) is 15.3. The van der Waals surface area contributed by atoms with Gasteiger partial charge in [-0.3, -0.25) is 14.9 Å². The van der Waals surface area contributed by atoms with Gasteiger partial charge >= 0.3 is 5.69 Å². The van der Waals surface area contributed by atoms with Crippen LogP contribution < -0.4 is 5.32 Å². The molecule has 6 nitrogen and oxygen atoms in total. The van der Waals surface area contributed by atoms with Crippen molar-refractivity contribution >= 4 is 11.6 Å². The van der Waals surface area contributed by atoms with E-state index >= 15 is 0 Å². The highest BCUT2D eigenvalue weighted by atomic mass is 19.1. The number of ether oxygens (including phenoxy) is 1. The predicted octanol–water partition coefficient (Wildman–Crippen LogP) is 2.17. The average Bonchev–Trinajstić information content (AvgIpc) is 2.91. The maximum Gasteiger partial charge on any atom is 0.305 e. The third kappa shape index (κ3) is 3.52. The molecule has 1 amide bonds. The highest BCUT2D eigenvalue weighted by molar-refractivity contribution is 5.95. The summed E-state index contributed by atoms with van der Waals surface area (Å²) in [5, 5.41) is 12.9. The van der Waals surface area contributed by atoms with Crippen LogP contribution in [0.3, 0.4) is 0 Å². The van der Waals surface area contributed by atoms with Gasteiger partial charge in [-0.25, -0.2) is 4.39 Å². The SMILES string of the molecule is O=C(NCCC1CCCO1)c1c(F)ccc([N+](=O)[O-])c1F. The fraction of sp³-hybridized carbons (Fsp3) is 0.462. The van der Waals surface area contributed by atoms with Crippen LogP contribution >= 0.6 is 0 Å². The molecular weight excluding hydrogens is 286 g/mol. The van der Waals surface area contributed by atoms with E-state index in [0.717, 1.165) is 12.8 Å². The molecule has 114 valence electrons. The number of nitro benzene ring substituents is 1. The molecule has 1 unspecified atom stereocenters. The number of rotatable bonds is 5. The van der Waals surface area contributed by atoms with Crippen LogP contribution in [-0.2, 0) is 4.74 Å². The molecular formula is C13H14F2N2O4. The largest absolute Gasteiger partial charge is 0.378 e. The summed E-state index contributed by atoms with van der Waals surface area (Å²) in [6.07, 6.45) is 2.40.